The van der Waals surface area contributed by atoms with Crippen LogP contribution in [0.25, 0.3) is 0 Å². The molecule has 1 atom stereocenters. The van der Waals surface area contributed by atoms with Crippen molar-refractivity contribution in [1.82, 2.24) is 14.5 Å². The number of carboxylic acids is 1. The Morgan fingerprint density at radius 3 is 2.47 bits per heavy atom. The summed E-state index contributed by atoms with van der Waals surface area (Å²) >= 11 is 0. The first-order valence-corrected chi connectivity index (χ1v) is 10.2. The molecule has 4 rings (SSSR count). The number of aliphatic carboxylic acids is 1. The average Bonchev–Trinajstić information content (AvgIpc) is 3.36. The third kappa shape index (κ3) is 5.70. The topological polar surface area (TPSA) is 97.8 Å². The lowest BCUT2D eigenvalue weighted by Crippen LogP contribution is -2.40. The van der Waals surface area contributed by atoms with Crippen molar-refractivity contribution < 1.29 is 37.0 Å². The van der Waals surface area contributed by atoms with Crippen LogP contribution in [0.4, 0.5) is 13.2 Å². The van der Waals surface area contributed by atoms with E-state index in [1.807, 2.05) is 38.2 Å². The maximum absolute atomic E-state index is 13.0. The van der Waals surface area contributed by atoms with Gasteiger partial charge in [0.25, 0.3) is 5.91 Å². The molecule has 0 aromatic carbocycles. The van der Waals surface area contributed by atoms with Gasteiger partial charge in [0.2, 0.25) is 0 Å². The molecule has 0 saturated heterocycles. The molecule has 8 nitrogen and oxygen atoms in total. The van der Waals surface area contributed by atoms with Gasteiger partial charge in [0.15, 0.2) is 0 Å². The minimum Gasteiger partial charge on any atom is -0.475 e. The molecule has 2 aliphatic rings. The van der Waals surface area contributed by atoms with Gasteiger partial charge < -0.3 is 23.7 Å². The van der Waals surface area contributed by atoms with Crippen LogP contribution in [0, 0.1) is 19.8 Å². The van der Waals surface area contributed by atoms with Gasteiger partial charge in [0.1, 0.15) is 11.5 Å². The number of hydrogen-bond donors (Lipinski definition) is 1. The van der Waals surface area contributed by atoms with E-state index in [0.29, 0.717) is 31.0 Å². The van der Waals surface area contributed by atoms with Gasteiger partial charge in [0.05, 0.1) is 30.7 Å². The van der Waals surface area contributed by atoms with Crippen molar-refractivity contribution in [3.05, 3.63) is 40.9 Å². The third-order valence-corrected chi connectivity index (χ3v) is 5.40. The molecule has 1 N–H and O–H groups in total. The van der Waals surface area contributed by atoms with Gasteiger partial charge in [0, 0.05) is 31.8 Å². The van der Waals surface area contributed by atoms with Gasteiger partial charge in [-0.1, -0.05) is 0 Å². The van der Waals surface area contributed by atoms with Crippen LogP contribution in [0.15, 0.2) is 16.8 Å². The predicted molar refractivity (Wildman–Crippen MR) is 106 cm³/mol. The minimum absolute atomic E-state index is 0.0119. The van der Waals surface area contributed by atoms with Crippen LogP contribution in [0.2, 0.25) is 0 Å². The van der Waals surface area contributed by atoms with Gasteiger partial charge in [-0.2, -0.15) is 13.2 Å². The first-order valence-electron chi connectivity index (χ1n) is 10.2. The second-order valence-corrected chi connectivity index (χ2v) is 8.18. The number of aromatic nitrogens is 2. The van der Waals surface area contributed by atoms with Crippen LogP contribution in [0.1, 0.15) is 52.0 Å². The fourth-order valence-corrected chi connectivity index (χ4v) is 3.69. The first-order chi connectivity index (χ1) is 15.0. The highest BCUT2D eigenvalue weighted by atomic mass is 19.4. The quantitative estimate of drug-likeness (QED) is 0.739. The SMILES string of the molecule is Cc1cc(C(=O)N2Cc3ncn(C)c3C(COCC3CC3)C2)c(C)o1.O=C(O)C(F)(F)F. The number of aryl methyl sites for hydroxylation is 3. The molecule has 1 aliphatic heterocycles. The first kappa shape index (κ1) is 23.8. The Balaban J connectivity index is 0.000000360. The zero-order valence-electron chi connectivity index (χ0n) is 18.1. The number of amides is 1. The fourth-order valence-electron chi connectivity index (χ4n) is 3.69. The maximum Gasteiger partial charge on any atom is 0.490 e. The Kier molecular flexibility index (Phi) is 6.97. The van der Waals surface area contributed by atoms with Crippen molar-refractivity contribution in [2.75, 3.05) is 19.8 Å². The van der Waals surface area contributed by atoms with Crippen molar-refractivity contribution >= 4 is 11.9 Å². The fraction of sp³-hybridized carbons (Fsp3) is 0.571. The number of ether oxygens (including phenoxy) is 1. The van der Waals surface area contributed by atoms with E-state index in [0.717, 1.165) is 24.0 Å². The van der Waals surface area contributed by atoms with E-state index in [-0.39, 0.29) is 11.8 Å². The highest BCUT2D eigenvalue weighted by Gasteiger charge is 2.38. The molecule has 0 radical (unpaired) electrons. The van der Waals surface area contributed by atoms with Crippen molar-refractivity contribution in [2.24, 2.45) is 13.0 Å². The number of halogens is 3. The highest BCUT2D eigenvalue weighted by molar-refractivity contribution is 5.95. The van der Waals surface area contributed by atoms with Gasteiger partial charge in [-0.05, 0) is 38.7 Å². The normalized spacial score (nSPS) is 18.1. The van der Waals surface area contributed by atoms with Crippen molar-refractivity contribution in [2.45, 2.75) is 45.3 Å². The van der Waals surface area contributed by atoms with Crippen LogP contribution in [-0.4, -0.2) is 57.4 Å². The molecule has 1 fully saturated rings. The summed E-state index contributed by atoms with van der Waals surface area (Å²) in [6.07, 6.45) is -0.684. The number of carboxylic acid groups (broad SMARTS) is 1. The molecular formula is C21H26F3N3O5. The largest absolute Gasteiger partial charge is 0.490 e. The Bertz CT molecular complexity index is 978. The monoisotopic (exact) mass is 457 g/mol. The molecular weight excluding hydrogens is 431 g/mol. The Hall–Kier alpha value is -2.82. The Morgan fingerprint density at radius 2 is 1.94 bits per heavy atom. The Morgan fingerprint density at radius 1 is 1.28 bits per heavy atom. The Labute approximate surface area is 183 Å². The summed E-state index contributed by atoms with van der Waals surface area (Å²) < 4.78 is 45.3. The molecule has 2 aromatic heterocycles. The number of hydrogen-bond acceptors (Lipinski definition) is 5. The summed E-state index contributed by atoms with van der Waals surface area (Å²) in [5.41, 5.74) is 2.81. The highest BCUT2D eigenvalue weighted by Crippen LogP contribution is 2.32. The molecule has 2 aromatic rings. The molecule has 176 valence electrons. The number of nitrogens with zero attached hydrogens (tertiary/aromatic N) is 3. The van der Waals surface area contributed by atoms with E-state index in [1.165, 1.54) is 18.5 Å². The lowest BCUT2D eigenvalue weighted by Gasteiger charge is -2.32. The molecule has 3 heterocycles. The van der Waals surface area contributed by atoms with Crippen LogP contribution in [-0.2, 0) is 23.1 Å². The molecule has 1 unspecified atom stereocenters. The molecule has 1 aliphatic carbocycles. The van der Waals surface area contributed by atoms with E-state index in [2.05, 4.69) is 9.55 Å². The summed E-state index contributed by atoms with van der Waals surface area (Å²) in [5.74, 6) is -0.405. The molecule has 1 amide bonds. The number of furan rings is 1. The van der Waals surface area contributed by atoms with Crippen molar-refractivity contribution in [1.29, 1.82) is 0 Å². The molecule has 0 bridgehead atoms. The number of imidazole rings is 1. The van der Waals surface area contributed by atoms with Crippen LogP contribution >= 0.6 is 0 Å². The average molecular weight is 457 g/mol. The summed E-state index contributed by atoms with van der Waals surface area (Å²) in [5, 5.41) is 7.12. The van der Waals surface area contributed by atoms with Gasteiger partial charge in [-0.15, -0.1) is 0 Å². The van der Waals surface area contributed by atoms with Gasteiger partial charge >= 0.3 is 12.1 Å². The summed E-state index contributed by atoms with van der Waals surface area (Å²) in [7, 11) is 2.01. The van der Waals surface area contributed by atoms with Crippen LogP contribution in [0.5, 0.6) is 0 Å². The van der Waals surface area contributed by atoms with Gasteiger partial charge in [-0.3, -0.25) is 4.79 Å². The van der Waals surface area contributed by atoms with Crippen LogP contribution in [0.3, 0.4) is 0 Å². The van der Waals surface area contributed by atoms with E-state index < -0.39 is 12.1 Å². The predicted octanol–water partition coefficient (Wildman–Crippen LogP) is 3.43. The minimum atomic E-state index is -5.08. The second kappa shape index (κ2) is 9.35. The number of alkyl halides is 3. The zero-order valence-corrected chi connectivity index (χ0v) is 18.1. The number of carbonyl (C=O) groups excluding carboxylic acids is 1. The van der Waals surface area contributed by atoms with Crippen LogP contribution < -0.4 is 0 Å². The summed E-state index contributed by atoms with van der Waals surface area (Å²) in [4.78, 5) is 28.3. The third-order valence-electron chi connectivity index (χ3n) is 5.40. The zero-order chi connectivity index (χ0) is 23.6. The maximum atomic E-state index is 13.0. The smallest absolute Gasteiger partial charge is 0.475 e. The molecule has 32 heavy (non-hydrogen) atoms. The molecule has 1 saturated carbocycles. The number of carbonyl (C=O) groups is 2. The molecule has 11 heteroatoms. The summed E-state index contributed by atoms with van der Waals surface area (Å²) in [6, 6.07) is 1.82. The van der Waals surface area contributed by atoms with Crippen molar-refractivity contribution in [3.8, 4) is 0 Å². The second-order valence-electron chi connectivity index (χ2n) is 8.18. The van der Waals surface area contributed by atoms with E-state index in [4.69, 9.17) is 19.1 Å². The van der Waals surface area contributed by atoms with E-state index >= 15 is 0 Å². The number of fused-ring (bicyclic) bond motifs is 1. The summed E-state index contributed by atoms with van der Waals surface area (Å²) in [6.45, 7) is 6.36. The van der Waals surface area contributed by atoms with Crippen molar-refractivity contribution in [3.63, 3.8) is 0 Å². The standard InChI is InChI=1S/C19H25N3O3.C2HF3O2/c1-12-6-16(13(2)25-12)19(23)22-7-15(10-24-9-14-4-5-14)18-17(8-22)20-11-21(18)3;3-2(4,5)1(6)7/h6,11,14-15H,4-5,7-10H2,1-3H3;(H,6,7). The molecule has 0 spiro atoms. The van der Waals surface area contributed by atoms with E-state index in [1.54, 1.807) is 0 Å². The van der Waals surface area contributed by atoms with E-state index in [9.17, 15) is 18.0 Å². The lowest BCUT2D eigenvalue weighted by atomic mass is 9.98. The lowest BCUT2D eigenvalue weighted by molar-refractivity contribution is -0.192. The number of rotatable bonds is 5. The van der Waals surface area contributed by atoms with Gasteiger partial charge in [-0.25, -0.2) is 9.78 Å².